The molecule has 0 aliphatic carbocycles. The highest BCUT2D eigenvalue weighted by molar-refractivity contribution is 5.92. The van der Waals surface area contributed by atoms with Gasteiger partial charge in [0, 0.05) is 0 Å². The topological polar surface area (TPSA) is 43.4 Å². The number of allylic oxidation sites excluding steroid dienone is 1. The third-order valence-corrected chi connectivity index (χ3v) is 1.52. The first-order valence-electron chi connectivity index (χ1n) is 3.86. The molecule has 0 atom stereocenters. The van der Waals surface area contributed by atoms with Crippen LogP contribution >= 0.6 is 0 Å². The maximum atomic E-state index is 13.0. The summed E-state index contributed by atoms with van der Waals surface area (Å²) in [5.41, 5.74) is -0.847. The van der Waals surface area contributed by atoms with E-state index in [4.69, 9.17) is 0 Å². The molecule has 0 spiro atoms. The average Bonchev–Trinajstić information content (AvgIpc) is 2.17. The van der Waals surface area contributed by atoms with Crippen molar-refractivity contribution < 1.29 is 23.1 Å². The molecule has 15 heavy (non-hydrogen) atoms. The highest BCUT2D eigenvalue weighted by Crippen LogP contribution is 2.14. The molecule has 0 aliphatic heterocycles. The zero-order valence-corrected chi connectivity index (χ0v) is 7.50. The maximum Gasteiger partial charge on any atom is 0.349 e. The highest BCUT2D eigenvalue weighted by atomic mass is 19.1. The van der Waals surface area contributed by atoms with E-state index in [0.29, 0.717) is 0 Å². The van der Waals surface area contributed by atoms with Crippen molar-refractivity contribution in [2.45, 2.75) is 0 Å². The molecule has 0 aliphatic rings. The van der Waals surface area contributed by atoms with Crippen molar-refractivity contribution in [2.75, 3.05) is 0 Å². The van der Waals surface area contributed by atoms with Gasteiger partial charge in [-0.1, -0.05) is 12.6 Å². The first-order chi connectivity index (χ1) is 7.06. The summed E-state index contributed by atoms with van der Waals surface area (Å²) >= 11 is 0. The van der Waals surface area contributed by atoms with Crippen molar-refractivity contribution in [3.05, 3.63) is 47.7 Å². The van der Waals surface area contributed by atoms with Crippen LogP contribution in [0, 0.1) is 11.6 Å². The molecule has 1 rings (SSSR count). The van der Waals surface area contributed by atoms with Crippen molar-refractivity contribution in [2.24, 2.45) is 0 Å². The summed E-state index contributed by atoms with van der Waals surface area (Å²) in [6.45, 7) is 3.04. The second-order valence-electron chi connectivity index (χ2n) is 2.57. The van der Waals surface area contributed by atoms with Gasteiger partial charge in [-0.25, -0.2) is 13.6 Å². The first kappa shape index (κ1) is 11.0. The molecule has 1 aromatic rings. The summed E-state index contributed by atoms with van der Waals surface area (Å²) in [5.74, 6) is -3.91. The third-order valence-electron chi connectivity index (χ3n) is 1.52. The van der Waals surface area contributed by atoms with Gasteiger partial charge in [-0.2, -0.15) is 0 Å². The lowest BCUT2D eigenvalue weighted by Crippen LogP contribution is -2.10. The van der Waals surface area contributed by atoms with E-state index < -0.39 is 28.9 Å². The van der Waals surface area contributed by atoms with Crippen LogP contribution in [0.1, 0.15) is 10.4 Å². The molecule has 0 bridgehead atoms. The van der Waals surface area contributed by atoms with Gasteiger partial charge >= 0.3 is 5.97 Å². The number of carbonyl (C=O) groups excluding carboxylic acids is 2. The van der Waals surface area contributed by atoms with Crippen LogP contribution in [0.3, 0.4) is 0 Å². The SMILES string of the molecule is C=C(C=O)OC(=O)c1c(F)cccc1F. The maximum absolute atomic E-state index is 13.0. The molecule has 0 amide bonds. The number of rotatable bonds is 3. The van der Waals surface area contributed by atoms with E-state index in [2.05, 4.69) is 11.3 Å². The normalized spacial score (nSPS) is 9.47. The smallest absolute Gasteiger partial charge is 0.349 e. The quantitative estimate of drug-likeness (QED) is 0.332. The lowest BCUT2D eigenvalue weighted by molar-refractivity contribution is -0.107. The summed E-state index contributed by atoms with van der Waals surface area (Å²) in [4.78, 5) is 21.2. The molecule has 0 saturated carbocycles. The predicted molar refractivity (Wildman–Crippen MR) is 47.0 cm³/mol. The molecule has 0 saturated heterocycles. The number of ether oxygens (including phenoxy) is 1. The molecule has 0 radical (unpaired) electrons. The standard InChI is InChI=1S/C10H6F2O3/c1-6(5-13)15-10(14)9-7(11)3-2-4-8(9)12/h2-5H,1H2. The van der Waals surface area contributed by atoms with Gasteiger partial charge in [-0.05, 0) is 12.1 Å². The third kappa shape index (κ3) is 2.46. The zero-order valence-electron chi connectivity index (χ0n) is 7.50. The van der Waals surface area contributed by atoms with Crippen LogP contribution in [-0.4, -0.2) is 12.3 Å². The minimum Gasteiger partial charge on any atom is -0.420 e. The molecule has 78 valence electrons. The Bertz CT molecular complexity index is 406. The van der Waals surface area contributed by atoms with E-state index in [9.17, 15) is 18.4 Å². The van der Waals surface area contributed by atoms with Gasteiger partial charge in [-0.15, -0.1) is 0 Å². The fraction of sp³-hybridized carbons (Fsp3) is 0. The molecule has 0 heterocycles. The Kier molecular flexibility index (Phi) is 3.28. The van der Waals surface area contributed by atoms with Crippen molar-refractivity contribution >= 4 is 12.3 Å². The minimum atomic E-state index is -1.29. The van der Waals surface area contributed by atoms with Crippen LogP contribution in [0.4, 0.5) is 8.78 Å². The Balaban J connectivity index is 3.01. The summed E-state index contributed by atoms with van der Waals surface area (Å²) in [5, 5.41) is 0. The number of benzene rings is 1. The van der Waals surface area contributed by atoms with Crippen molar-refractivity contribution in [3.8, 4) is 0 Å². The van der Waals surface area contributed by atoms with Gasteiger partial charge in [-0.3, -0.25) is 4.79 Å². The molecule has 0 N–H and O–H groups in total. The lowest BCUT2D eigenvalue weighted by atomic mass is 10.2. The Morgan fingerprint density at radius 3 is 2.33 bits per heavy atom. The van der Waals surface area contributed by atoms with Crippen LogP contribution < -0.4 is 0 Å². The zero-order chi connectivity index (χ0) is 11.4. The van der Waals surface area contributed by atoms with Crippen LogP contribution in [0.25, 0.3) is 0 Å². The Morgan fingerprint density at radius 1 is 1.33 bits per heavy atom. The van der Waals surface area contributed by atoms with E-state index >= 15 is 0 Å². The summed E-state index contributed by atoms with van der Waals surface area (Å²) in [7, 11) is 0. The summed E-state index contributed by atoms with van der Waals surface area (Å²) in [6.07, 6.45) is 0.163. The van der Waals surface area contributed by atoms with Crippen LogP contribution in [0.2, 0.25) is 0 Å². The van der Waals surface area contributed by atoms with Gasteiger partial charge in [0.25, 0.3) is 0 Å². The van der Waals surface area contributed by atoms with Crippen molar-refractivity contribution in [3.63, 3.8) is 0 Å². The van der Waals surface area contributed by atoms with E-state index in [1.54, 1.807) is 0 Å². The molecule has 0 unspecified atom stereocenters. The Morgan fingerprint density at radius 2 is 1.87 bits per heavy atom. The molecule has 0 aromatic heterocycles. The molecule has 3 nitrogen and oxygen atoms in total. The Labute approximate surface area is 84.0 Å². The summed E-state index contributed by atoms with van der Waals surface area (Å²) in [6, 6.07) is 2.92. The fourth-order valence-electron chi connectivity index (χ4n) is 0.887. The van der Waals surface area contributed by atoms with Crippen molar-refractivity contribution in [1.29, 1.82) is 0 Å². The number of hydrogen-bond donors (Lipinski definition) is 0. The Hall–Kier alpha value is -2.04. The highest BCUT2D eigenvalue weighted by Gasteiger charge is 2.19. The predicted octanol–water partition coefficient (Wildman–Crippen LogP) is 1.83. The van der Waals surface area contributed by atoms with E-state index in [1.165, 1.54) is 0 Å². The summed E-state index contributed by atoms with van der Waals surface area (Å²) < 4.78 is 30.3. The fourth-order valence-corrected chi connectivity index (χ4v) is 0.887. The van der Waals surface area contributed by atoms with Crippen LogP contribution in [0.15, 0.2) is 30.5 Å². The molecule has 5 heteroatoms. The second kappa shape index (κ2) is 4.45. The molecular weight excluding hydrogens is 206 g/mol. The number of carbonyl (C=O) groups is 2. The van der Waals surface area contributed by atoms with Gasteiger partial charge in [0.1, 0.15) is 17.2 Å². The molecular formula is C10H6F2O3. The number of aldehydes is 1. The van der Waals surface area contributed by atoms with E-state index in [-0.39, 0.29) is 6.29 Å². The van der Waals surface area contributed by atoms with Gasteiger partial charge in [0.05, 0.1) is 0 Å². The molecule has 0 fully saturated rings. The van der Waals surface area contributed by atoms with Gasteiger partial charge in [0.15, 0.2) is 12.0 Å². The van der Waals surface area contributed by atoms with Crippen LogP contribution in [-0.2, 0) is 9.53 Å². The number of hydrogen-bond acceptors (Lipinski definition) is 3. The molecule has 1 aromatic carbocycles. The van der Waals surface area contributed by atoms with Crippen LogP contribution in [0.5, 0.6) is 0 Å². The van der Waals surface area contributed by atoms with Gasteiger partial charge in [0.2, 0.25) is 0 Å². The largest absolute Gasteiger partial charge is 0.420 e. The minimum absolute atomic E-state index is 0.163. The monoisotopic (exact) mass is 212 g/mol. The first-order valence-corrected chi connectivity index (χ1v) is 3.86. The second-order valence-corrected chi connectivity index (χ2v) is 2.57. The van der Waals surface area contributed by atoms with Crippen molar-refractivity contribution in [1.82, 2.24) is 0 Å². The number of halogens is 2. The number of esters is 1. The lowest BCUT2D eigenvalue weighted by Gasteiger charge is -2.03. The van der Waals surface area contributed by atoms with E-state index in [0.717, 1.165) is 18.2 Å². The van der Waals surface area contributed by atoms with E-state index in [1.807, 2.05) is 0 Å². The average molecular weight is 212 g/mol. The van der Waals surface area contributed by atoms with Gasteiger partial charge < -0.3 is 4.74 Å².